The normalized spacial score (nSPS) is 13.8. The summed E-state index contributed by atoms with van der Waals surface area (Å²) in [5.74, 6) is 0.507. The van der Waals surface area contributed by atoms with E-state index in [1.54, 1.807) is 7.05 Å². The lowest BCUT2D eigenvalue weighted by atomic mass is 10.1. The van der Waals surface area contributed by atoms with Gasteiger partial charge in [-0.15, -0.1) is 0 Å². The fraction of sp³-hybridized carbons (Fsp3) is 0.500. The number of aromatic nitrogens is 1. The zero-order valence-corrected chi connectivity index (χ0v) is 10.2. The molecular formula is C10H16N4O4. The van der Waals surface area contributed by atoms with Crippen molar-refractivity contribution in [3.05, 3.63) is 22.2 Å². The van der Waals surface area contributed by atoms with E-state index >= 15 is 0 Å². The van der Waals surface area contributed by atoms with E-state index in [4.69, 9.17) is 5.11 Å². The Morgan fingerprint density at radius 2 is 2.22 bits per heavy atom. The van der Waals surface area contributed by atoms with Crippen molar-refractivity contribution in [1.29, 1.82) is 0 Å². The Labute approximate surface area is 104 Å². The molecule has 0 saturated carbocycles. The summed E-state index contributed by atoms with van der Waals surface area (Å²) in [4.78, 5) is 14.2. The Balaban J connectivity index is 2.94. The van der Waals surface area contributed by atoms with Gasteiger partial charge in [0.1, 0.15) is 11.4 Å². The van der Waals surface area contributed by atoms with E-state index in [0.717, 1.165) is 0 Å². The summed E-state index contributed by atoms with van der Waals surface area (Å²) < 4.78 is 0. The van der Waals surface area contributed by atoms with Crippen molar-refractivity contribution in [2.45, 2.75) is 12.5 Å². The molecule has 1 heterocycles. The van der Waals surface area contributed by atoms with Crippen molar-refractivity contribution < 1.29 is 15.1 Å². The maximum atomic E-state index is 10.8. The van der Waals surface area contributed by atoms with Crippen molar-refractivity contribution >= 4 is 17.3 Å². The van der Waals surface area contributed by atoms with Crippen LogP contribution in [0.15, 0.2) is 12.1 Å². The molecule has 1 unspecified atom stereocenters. The molecule has 1 aromatic heterocycles. The van der Waals surface area contributed by atoms with E-state index in [-0.39, 0.29) is 18.1 Å². The van der Waals surface area contributed by atoms with E-state index in [1.165, 1.54) is 19.1 Å². The summed E-state index contributed by atoms with van der Waals surface area (Å²) in [6.07, 6.45) is 0. The number of rotatable bonds is 6. The molecule has 18 heavy (non-hydrogen) atoms. The Kier molecular flexibility index (Phi) is 4.40. The molecule has 1 atom stereocenters. The first-order valence-corrected chi connectivity index (χ1v) is 5.30. The predicted molar refractivity (Wildman–Crippen MR) is 66.6 cm³/mol. The van der Waals surface area contributed by atoms with Gasteiger partial charge in [0, 0.05) is 19.7 Å². The van der Waals surface area contributed by atoms with Gasteiger partial charge in [-0.25, -0.2) is 4.98 Å². The van der Waals surface area contributed by atoms with Crippen LogP contribution >= 0.6 is 0 Å². The molecule has 0 saturated heterocycles. The molecule has 0 aromatic carbocycles. The summed E-state index contributed by atoms with van der Waals surface area (Å²) in [7, 11) is 1.64. The minimum absolute atomic E-state index is 0.0422. The second-order valence-corrected chi connectivity index (χ2v) is 4.08. The summed E-state index contributed by atoms with van der Waals surface area (Å²) in [6, 6.07) is 2.79. The van der Waals surface area contributed by atoms with Gasteiger partial charge in [0.05, 0.1) is 11.5 Å². The number of nitrogens with zero attached hydrogens (tertiary/aromatic N) is 2. The van der Waals surface area contributed by atoms with Crippen LogP contribution < -0.4 is 10.6 Å². The van der Waals surface area contributed by atoms with Crippen molar-refractivity contribution in [3.63, 3.8) is 0 Å². The van der Waals surface area contributed by atoms with Crippen molar-refractivity contribution in [2.75, 3.05) is 30.8 Å². The second kappa shape index (κ2) is 5.61. The third-order valence-electron chi connectivity index (χ3n) is 2.30. The maximum absolute atomic E-state index is 10.8. The Morgan fingerprint density at radius 3 is 2.72 bits per heavy atom. The van der Waals surface area contributed by atoms with Crippen LogP contribution in [0.5, 0.6) is 0 Å². The van der Waals surface area contributed by atoms with Gasteiger partial charge in [0.25, 0.3) is 0 Å². The third kappa shape index (κ3) is 3.54. The summed E-state index contributed by atoms with van der Waals surface area (Å²) >= 11 is 0. The van der Waals surface area contributed by atoms with Gasteiger partial charge in [-0.2, -0.15) is 0 Å². The molecule has 1 aromatic rings. The number of aliphatic hydroxyl groups is 2. The van der Waals surface area contributed by atoms with E-state index in [2.05, 4.69) is 15.6 Å². The Hall–Kier alpha value is -1.93. The van der Waals surface area contributed by atoms with Crippen LogP contribution in [-0.2, 0) is 0 Å². The standard InChI is InChI=1S/C10H16N4O4/c1-10(16,6-15)5-12-9-7(14(17)18)3-4-8(11-2)13-9/h3-4,15-16H,5-6H2,1-2H3,(H2,11,12,13). The highest BCUT2D eigenvalue weighted by Gasteiger charge is 2.22. The quantitative estimate of drug-likeness (QED) is 0.423. The van der Waals surface area contributed by atoms with Gasteiger partial charge in [-0.1, -0.05) is 0 Å². The summed E-state index contributed by atoms with van der Waals surface area (Å²) in [5, 5.41) is 34.7. The van der Waals surface area contributed by atoms with Gasteiger partial charge in [-0.05, 0) is 13.0 Å². The maximum Gasteiger partial charge on any atom is 0.311 e. The van der Waals surface area contributed by atoms with Gasteiger partial charge in [0.2, 0.25) is 5.82 Å². The number of anilines is 2. The molecule has 0 amide bonds. The van der Waals surface area contributed by atoms with Crippen molar-refractivity contribution in [1.82, 2.24) is 4.98 Å². The molecule has 0 aliphatic heterocycles. The van der Waals surface area contributed by atoms with E-state index in [1.807, 2.05) is 0 Å². The molecule has 8 heteroatoms. The minimum atomic E-state index is -1.37. The fourth-order valence-corrected chi connectivity index (χ4v) is 1.20. The van der Waals surface area contributed by atoms with E-state index < -0.39 is 17.1 Å². The zero-order valence-electron chi connectivity index (χ0n) is 10.2. The number of hydrogen-bond donors (Lipinski definition) is 4. The average Bonchev–Trinajstić information content (AvgIpc) is 2.36. The highest BCUT2D eigenvalue weighted by molar-refractivity contribution is 5.60. The van der Waals surface area contributed by atoms with Gasteiger partial charge in [0.15, 0.2) is 0 Å². The lowest BCUT2D eigenvalue weighted by Gasteiger charge is -2.20. The van der Waals surface area contributed by atoms with Gasteiger partial charge >= 0.3 is 5.69 Å². The molecule has 100 valence electrons. The molecule has 0 aliphatic rings. The smallest absolute Gasteiger partial charge is 0.311 e. The van der Waals surface area contributed by atoms with Crippen LogP contribution in [-0.4, -0.2) is 45.9 Å². The monoisotopic (exact) mass is 256 g/mol. The molecule has 8 nitrogen and oxygen atoms in total. The zero-order chi connectivity index (χ0) is 13.8. The predicted octanol–water partition coefficient (Wildman–Crippen LogP) is 0.187. The number of nitrogens with one attached hydrogen (secondary N) is 2. The third-order valence-corrected chi connectivity index (χ3v) is 2.30. The first-order chi connectivity index (χ1) is 8.39. The molecule has 0 bridgehead atoms. The van der Waals surface area contributed by atoms with Crippen molar-refractivity contribution in [2.24, 2.45) is 0 Å². The largest absolute Gasteiger partial charge is 0.393 e. The molecule has 0 radical (unpaired) electrons. The first kappa shape index (κ1) is 14.1. The SMILES string of the molecule is CNc1ccc([N+](=O)[O-])c(NCC(C)(O)CO)n1. The van der Waals surface area contributed by atoms with Crippen LogP contribution in [0.3, 0.4) is 0 Å². The van der Waals surface area contributed by atoms with E-state index in [0.29, 0.717) is 5.82 Å². The summed E-state index contributed by atoms with van der Waals surface area (Å²) in [6.45, 7) is 0.901. The number of pyridine rings is 1. The van der Waals surface area contributed by atoms with Crippen LogP contribution in [0.25, 0.3) is 0 Å². The van der Waals surface area contributed by atoms with Crippen LogP contribution in [0.2, 0.25) is 0 Å². The topological polar surface area (TPSA) is 121 Å². The lowest BCUT2D eigenvalue weighted by molar-refractivity contribution is -0.384. The molecule has 0 aliphatic carbocycles. The molecule has 0 spiro atoms. The number of hydrogen-bond acceptors (Lipinski definition) is 7. The molecule has 0 fully saturated rings. The van der Waals surface area contributed by atoms with Crippen LogP contribution in [0.4, 0.5) is 17.3 Å². The second-order valence-electron chi connectivity index (χ2n) is 4.08. The van der Waals surface area contributed by atoms with Crippen LogP contribution in [0.1, 0.15) is 6.92 Å². The molecule has 4 N–H and O–H groups in total. The lowest BCUT2D eigenvalue weighted by Crippen LogP contribution is -2.37. The Bertz CT molecular complexity index is 436. The van der Waals surface area contributed by atoms with E-state index in [9.17, 15) is 15.2 Å². The highest BCUT2D eigenvalue weighted by Crippen LogP contribution is 2.24. The fourth-order valence-electron chi connectivity index (χ4n) is 1.20. The first-order valence-electron chi connectivity index (χ1n) is 5.30. The van der Waals surface area contributed by atoms with Gasteiger partial charge in [-0.3, -0.25) is 10.1 Å². The van der Waals surface area contributed by atoms with Crippen LogP contribution in [0, 0.1) is 10.1 Å². The summed E-state index contributed by atoms with van der Waals surface area (Å²) in [5.41, 5.74) is -1.56. The number of aliphatic hydroxyl groups excluding tert-OH is 1. The minimum Gasteiger partial charge on any atom is -0.393 e. The Morgan fingerprint density at radius 1 is 1.56 bits per heavy atom. The highest BCUT2D eigenvalue weighted by atomic mass is 16.6. The number of nitro groups is 1. The van der Waals surface area contributed by atoms with Gasteiger partial charge < -0.3 is 20.8 Å². The molecular weight excluding hydrogens is 240 g/mol. The average molecular weight is 256 g/mol. The molecule has 1 rings (SSSR count). The van der Waals surface area contributed by atoms with Crippen molar-refractivity contribution in [3.8, 4) is 0 Å².